The fraction of sp³-hybridized carbons (Fsp3) is 0.263. The van der Waals surface area contributed by atoms with Crippen molar-refractivity contribution >= 4 is 17.6 Å². The summed E-state index contributed by atoms with van der Waals surface area (Å²) in [4.78, 5) is 25.2. The highest BCUT2D eigenvalue weighted by atomic mass is 16.2. The fourth-order valence-corrected chi connectivity index (χ4v) is 2.30. The number of hydrogen-bond acceptors (Lipinski definition) is 2. The molecule has 0 atom stereocenters. The Labute approximate surface area is 142 Å². The summed E-state index contributed by atoms with van der Waals surface area (Å²) in [5, 5.41) is 5.72. The van der Waals surface area contributed by atoms with E-state index in [4.69, 9.17) is 0 Å². The van der Waals surface area contributed by atoms with Gasteiger partial charge in [-0.25, -0.2) is 4.79 Å². The first-order valence-electron chi connectivity index (χ1n) is 7.86. The Hall–Kier alpha value is -2.82. The molecule has 0 saturated heterocycles. The van der Waals surface area contributed by atoms with Crippen LogP contribution >= 0.6 is 0 Å². The van der Waals surface area contributed by atoms with Crippen molar-refractivity contribution in [2.75, 3.05) is 12.4 Å². The van der Waals surface area contributed by atoms with Crippen LogP contribution in [-0.4, -0.2) is 23.9 Å². The van der Waals surface area contributed by atoms with E-state index >= 15 is 0 Å². The van der Waals surface area contributed by atoms with E-state index in [1.165, 1.54) is 6.92 Å². The van der Waals surface area contributed by atoms with Gasteiger partial charge in [0.05, 0.1) is 0 Å². The molecule has 2 rings (SSSR count). The van der Waals surface area contributed by atoms with Gasteiger partial charge in [0.15, 0.2) is 0 Å². The highest BCUT2D eigenvalue weighted by molar-refractivity contribution is 5.90. The monoisotopic (exact) mass is 325 g/mol. The summed E-state index contributed by atoms with van der Waals surface area (Å²) in [6.07, 6.45) is 0. The van der Waals surface area contributed by atoms with E-state index in [2.05, 4.69) is 10.6 Å². The van der Waals surface area contributed by atoms with Gasteiger partial charge < -0.3 is 15.5 Å². The average molecular weight is 325 g/mol. The van der Waals surface area contributed by atoms with Crippen molar-refractivity contribution in [2.24, 2.45) is 0 Å². The summed E-state index contributed by atoms with van der Waals surface area (Å²) in [5.41, 5.74) is 3.81. The molecular weight excluding hydrogens is 302 g/mol. The Morgan fingerprint density at radius 3 is 2.29 bits per heavy atom. The third kappa shape index (κ3) is 4.84. The molecule has 2 N–H and O–H groups in total. The summed E-state index contributed by atoms with van der Waals surface area (Å²) < 4.78 is 0. The van der Waals surface area contributed by atoms with E-state index in [9.17, 15) is 9.59 Å². The molecule has 0 aromatic heterocycles. The van der Waals surface area contributed by atoms with Crippen LogP contribution in [0.3, 0.4) is 0 Å². The maximum atomic E-state index is 12.2. The van der Waals surface area contributed by atoms with Crippen molar-refractivity contribution in [3.63, 3.8) is 0 Å². The van der Waals surface area contributed by atoms with Gasteiger partial charge in [0.1, 0.15) is 0 Å². The van der Waals surface area contributed by atoms with Crippen LogP contribution in [-0.2, 0) is 17.9 Å². The van der Waals surface area contributed by atoms with Gasteiger partial charge in [0.25, 0.3) is 0 Å². The van der Waals surface area contributed by atoms with E-state index in [1.54, 1.807) is 11.9 Å². The van der Waals surface area contributed by atoms with Crippen LogP contribution in [0.5, 0.6) is 0 Å². The van der Waals surface area contributed by atoms with Crippen LogP contribution in [0.25, 0.3) is 0 Å². The van der Waals surface area contributed by atoms with Gasteiger partial charge in [-0.3, -0.25) is 4.79 Å². The number of amides is 3. The molecule has 3 amide bonds. The predicted molar refractivity (Wildman–Crippen MR) is 95.6 cm³/mol. The number of nitrogens with zero attached hydrogens (tertiary/aromatic N) is 1. The van der Waals surface area contributed by atoms with Crippen LogP contribution in [0.1, 0.15) is 23.6 Å². The van der Waals surface area contributed by atoms with E-state index in [0.717, 1.165) is 16.7 Å². The molecule has 0 fully saturated rings. The second kappa shape index (κ2) is 8.15. The standard InChI is InChI=1S/C19H23N3O2/c1-14-8-4-5-9-16(14)12-20-19(24)21-18-11-7-6-10-17(18)13-22(3)15(2)23/h4-11H,12-13H2,1-3H3,(H2,20,21,24). The smallest absolute Gasteiger partial charge is 0.319 e. The number of benzene rings is 2. The summed E-state index contributed by atoms with van der Waals surface area (Å²) in [5.74, 6) is -0.0196. The van der Waals surface area contributed by atoms with E-state index in [0.29, 0.717) is 18.8 Å². The largest absolute Gasteiger partial charge is 0.342 e. The number of rotatable bonds is 5. The summed E-state index contributed by atoms with van der Waals surface area (Å²) in [7, 11) is 1.73. The van der Waals surface area contributed by atoms with Crippen molar-refractivity contribution in [1.82, 2.24) is 10.2 Å². The van der Waals surface area contributed by atoms with Crippen molar-refractivity contribution in [3.05, 3.63) is 65.2 Å². The van der Waals surface area contributed by atoms with E-state index < -0.39 is 0 Å². The number of urea groups is 1. The second-order valence-electron chi connectivity index (χ2n) is 5.77. The van der Waals surface area contributed by atoms with Gasteiger partial charge in [0.2, 0.25) is 5.91 Å². The zero-order valence-corrected chi connectivity index (χ0v) is 14.3. The Morgan fingerprint density at radius 1 is 1.00 bits per heavy atom. The molecule has 0 aliphatic carbocycles. The third-order valence-corrected chi connectivity index (χ3v) is 3.91. The Kier molecular flexibility index (Phi) is 5.95. The Morgan fingerprint density at radius 2 is 1.62 bits per heavy atom. The minimum atomic E-state index is -0.267. The number of nitrogens with one attached hydrogen (secondary N) is 2. The summed E-state index contributed by atoms with van der Waals surface area (Å²) in [6, 6.07) is 15.1. The summed E-state index contributed by atoms with van der Waals surface area (Å²) >= 11 is 0. The SMILES string of the molecule is CC(=O)N(C)Cc1ccccc1NC(=O)NCc1ccccc1C. The molecule has 0 heterocycles. The number of carbonyl (C=O) groups excluding carboxylic acids is 2. The molecule has 0 saturated carbocycles. The van der Waals surface area contributed by atoms with Gasteiger partial charge in [-0.15, -0.1) is 0 Å². The lowest BCUT2D eigenvalue weighted by molar-refractivity contribution is -0.128. The fourth-order valence-electron chi connectivity index (χ4n) is 2.30. The molecule has 0 aliphatic rings. The molecule has 0 radical (unpaired) electrons. The van der Waals surface area contributed by atoms with Crippen LogP contribution in [0.15, 0.2) is 48.5 Å². The normalized spacial score (nSPS) is 10.1. The number of para-hydroxylation sites is 1. The van der Waals surface area contributed by atoms with Crippen molar-refractivity contribution in [1.29, 1.82) is 0 Å². The minimum absolute atomic E-state index is 0.0196. The molecule has 2 aromatic rings. The molecule has 0 aliphatic heterocycles. The number of aryl methyl sites for hydroxylation is 1. The first-order valence-corrected chi connectivity index (χ1v) is 7.86. The first kappa shape index (κ1) is 17.5. The molecule has 126 valence electrons. The zero-order valence-electron chi connectivity index (χ0n) is 14.3. The molecule has 0 unspecified atom stereocenters. The second-order valence-corrected chi connectivity index (χ2v) is 5.77. The topological polar surface area (TPSA) is 61.4 Å². The van der Waals surface area contributed by atoms with Crippen molar-refractivity contribution in [3.8, 4) is 0 Å². The lowest BCUT2D eigenvalue weighted by Gasteiger charge is -2.18. The average Bonchev–Trinajstić information content (AvgIpc) is 2.55. The van der Waals surface area contributed by atoms with Crippen LogP contribution in [0.4, 0.5) is 10.5 Å². The van der Waals surface area contributed by atoms with Crippen LogP contribution in [0.2, 0.25) is 0 Å². The van der Waals surface area contributed by atoms with E-state index in [1.807, 2.05) is 55.5 Å². The summed E-state index contributed by atoms with van der Waals surface area (Å²) in [6.45, 7) is 4.45. The quantitative estimate of drug-likeness (QED) is 0.886. The minimum Gasteiger partial charge on any atom is -0.342 e. The predicted octanol–water partition coefficient (Wildman–Crippen LogP) is 3.30. The molecular formula is C19H23N3O2. The van der Waals surface area contributed by atoms with E-state index in [-0.39, 0.29) is 11.9 Å². The van der Waals surface area contributed by atoms with Gasteiger partial charge in [-0.05, 0) is 29.7 Å². The maximum Gasteiger partial charge on any atom is 0.319 e. The molecule has 5 heteroatoms. The highest BCUT2D eigenvalue weighted by Gasteiger charge is 2.10. The molecule has 0 bridgehead atoms. The highest BCUT2D eigenvalue weighted by Crippen LogP contribution is 2.17. The van der Waals surface area contributed by atoms with Gasteiger partial charge >= 0.3 is 6.03 Å². The first-order chi connectivity index (χ1) is 11.5. The Balaban J connectivity index is 1.99. The van der Waals surface area contributed by atoms with Crippen LogP contribution in [0, 0.1) is 6.92 Å². The molecule has 2 aromatic carbocycles. The number of hydrogen-bond donors (Lipinski definition) is 2. The van der Waals surface area contributed by atoms with Gasteiger partial charge in [-0.1, -0.05) is 42.5 Å². The molecule has 0 spiro atoms. The Bertz CT molecular complexity index is 728. The van der Waals surface area contributed by atoms with Crippen LogP contribution < -0.4 is 10.6 Å². The van der Waals surface area contributed by atoms with Crippen molar-refractivity contribution in [2.45, 2.75) is 26.9 Å². The lowest BCUT2D eigenvalue weighted by atomic mass is 10.1. The maximum absolute atomic E-state index is 12.2. The number of anilines is 1. The third-order valence-electron chi connectivity index (χ3n) is 3.91. The van der Waals surface area contributed by atoms with Gasteiger partial charge in [0, 0.05) is 32.7 Å². The lowest BCUT2D eigenvalue weighted by Crippen LogP contribution is -2.29. The van der Waals surface area contributed by atoms with Crippen molar-refractivity contribution < 1.29 is 9.59 Å². The molecule has 5 nitrogen and oxygen atoms in total. The number of carbonyl (C=O) groups is 2. The zero-order chi connectivity index (χ0) is 17.5. The van der Waals surface area contributed by atoms with Gasteiger partial charge in [-0.2, -0.15) is 0 Å². The molecule has 24 heavy (non-hydrogen) atoms.